The van der Waals surface area contributed by atoms with Gasteiger partial charge in [0.2, 0.25) is 0 Å². The number of aliphatic hydroxyl groups excluding tert-OH is 1. The molecule has 0 bridgehead atoms. The molecule has 0 spiro atoms. The minimum absolute atomic E-state index is 0.0417. The number of nitrogens with zero attached hydrogens (tertiary/aromatic N) is 1. The number of carbonyl (C=O) groups is 1. The van der Waals surface area contributed by atoms with Crippen molar-refractivity contribution in [1.82, 2.24) is 4.90 Å². The molecule has 0 aliphatic carbocycles. The maximum atomic E-state index is 12.3. The van der Waals surface area contributed by atoms with Crippen molar-refractivity contribution in [2.24, 2.45) is 0 Å². The fourth-order valence-electron chi connectivity index (χ4n) is 1.78. The number of methoxy groups -OCH3 is 1. The fourth-order valence-corrected chi connectivity index (χ4v) is 2.29. The Balaban J connectivity index is 2.79. The summed E-state index contributed by atoms with van der Waals surface area (Å²) in [6.45, 7) is 1.24. The average Bonchev–Trinajstić information content (AvgIpc) is 2.43. The van der Waals surface area contributed by atoms with Crippen molar-refractivity contribution < 1.29 is 14.6 Å². The molecule has 0 unspecified atom stereocenters. The minimum Gasteiger partial charge on any atom is -0.395 e. The van der Waals surface area contributed by atoms with Gasteiger partial charge in [-0.2, -0.15) is 11.8 Å². The Morgan fingerprint density at radius 1 is 1.42 bits per heavy atom. The first kappa shape index (κ1) is 16.0. The van der Waals surface area contributed by atoms with Crippen LogP contribution < -0.4 is 0 Å². The lowest BCUT2D eigenvalue weighted by Gasteiger charge is -2.21. The van der Waals surface area contributed by atoms with Gasteiger partial charge < -0.3 is 14.7 Å². The summed E-state index contributed by atoms with van der Waals surface area (Å²) in [5.41, 5.74) is 1.80. The Labute approximate surface area is 118 Å². The van der Waals surface area contributed by atoms with Crippen molar-refractivity contribution in [3.8, 4) is 0 Å². The molecule has 0 atom stereocenters. The number of rotatable bonds is 8. The van der Waals surface area contributed by atoms with E-state index in [-0.39, 0.29) is 12.5 Å². The zero-order chi connectivity index (χ0) is 14.1. The Kier molecular flexibility index (Phi) is 7.55. The summed E-state index contributed by atoms with van der Waals surface area (Å²) in [5.74, 6) is 0.827. The van der Waals surface area contributed by atoms with Crippen LogP contribution in [0, 0.1) is 0 Å². The van der Waals surface area contributed by atoms with Crippen LogP contribution in [0.15, 0.2) is 24.3 Å². The highest BCUT2D eigenvalue weighted by atomic mass is 32.2. The van der Waals surface area contributed by atoms with Gasteiger partial charge in [0.1, 0.15) is 0 Å². The van der Waals surface area contributed by atoms with Gasteiger partial charge >= 0.3 is 0 Å². The van der Waals surface area contributed by atoms with Gasteiger partial charge in [-0.05, 0) is 24.0 Å². The number of amides is 1. The lowest BCUT2D eigenvalue weighted by molar-refractivity contribution is 0.0656. The molecule has 1 aromatic carbocycles. The van der Waals surface area contributed by atoms with Crippen LogP contribution in [-0.4, -0.2) is 55.6 Å². The second-order valence-electron chi connectivity index (χ2n) is 4.14. The minimum atomic E-state index is -0.0611. The lowest BCUT2D eigenvalue weighted by Crippen LogP contribution is -2.36. The molecule has 1 aromatic rings. The van der Waals surface area contributed by atoms with E-state index in [0.29, 0.717) is 25.3 Å². The molecule has 0 radical (unpaired) electrons. The van der Waals surface area contributed by atoms with Crippen LogP contribution in [0.2, 0.25) is 0 Å². The van der Waals surface area contributed by atoms with Crippen molar-refractivity contribution >= 4 is 17.7 Å². The van der Waals surface area contributed by atoms with Gasteiger partial charge in [0.25, 0.3) is 5.91 Å². The van der Waals surface area contributed by atoms with Gasteiger partial charge in [-0.15, -0.1) is 0 Å². The molecule has 0 aliphatic rings. The van der Waals surface area contributed by atoms with Crippen molar-refractivity contribution in [2.75, 3.05) is 39.7 Å². The topological polar surface area (TPSA) is 49.8 Å². The molecular weight excluding hydrogens is 262 g/mol. The number of aliphatic hydroxyl groups is 1. The summed E-state index contributed by atoms with van der Waals surface area (Å²) < 4.78 is 4.99. The molecule has 0 aromatic heterocycles. The van der Waals surface area contributed by atoms with E-state index >= 15 is 0 Å². The molecule has 19 heavy (non-hydrogen) atoms. The van der Waals surface area contributed by atoms with Gasteiger partial charge in [0.15, 0.2) is 0 Å². The van der Waals surface area contributed by atoms with E-state index in [1.54, 1.807) is 23.8 Å². The molecule has 1 rings (SSSR count). The Morgan fingerprint density at radius 3 is 2.84 bits per heavy atom. The largest absolute Gasteiger partial charge is 0.395 e. The van der Waals surface area contributed by atoms with Gasteiger partial charge in [0.05, 0.1) is 13.2 Å². The predicted octanol–water partition coefficient (Wildman–Crippen LogP) is 1.63. The van der Waals surface area contributed by atoms with Crippen LogP contribution in [0.3, 0.4) is 0 Å². The van der Waals surface area contributed by atoms with E-state index in [1.807, 2.05) is 30.5 Å². The van der Waals surface area contributed by atoms with E-state index in [2.05, 4.69) is 0 Å². The van der Waals surface area contributed by atoms with Crippen molar-refractivity contribution in [3.63, 3.8) is 0 Å². The van der Waals surface area contributed by atoms with Gasteiger partial charge in [-0.25, -0.2) is 0 Å². The molecule has 0 heterocycles. The summed E-state index contributed by atoms with van der Waals surface area (Å²) >= 11 is 1.72. The summed E-state index contributed by atoms with van der Waals surface area (Å²) in [7, 11) is 1.60. The van der Waals surface area contributed by atoms with E-state index in [4.69, 9.17) is 9.84 Å². The van der Waals surface area contributed by atoms with Crippen LogP contribution in [0.1, 0.15) is 15.9 Å². The maximum Gasteiger partial charge on any atom is 0.254 e. The van der Waals surface area contributed by atoms with E-state index < -0.39 is 0 Å². The zero-order valence-electron chi connectivity index (χ0n) is 11.5. The second kappa shape index (κ2) is 8.96. The molecule has 106 valence electrons. The van der Waals surface area contributed by atoms with Gasteiger partial charge in [-0.3, -0.25) is 4.79 Å². The molecule has 0 saturated heterocycles. The molecule has 5 heteroatoms. The standard InChI is InChI=1S/C14H21NO3S/c1-18-9-7-15(6-8-16)14(17)13-5-3-4-12(10-13)11-19-2/h3-5,10,16H,6-9,11H2,1-2H3. The fraction of sp³-hybridized carbons (Fsp3) is 0.500. The first-order valence-electron chi connectivity index (χ1n) is 6.20. The summed E-state index contributed by atoms with van der Waals surface area (Å²) in [6, 6.07) is 7.63. The Hall–Kier alpha value is -1.04. The van der Waals surface area contributed by atoms with Gasteiger partial charge in [-0.1, -0.05) is 12.1 Å². The van der Waals surface area contributed by atoms with Crippen LogP contribution in [0.4, 0.5) is 0 Å². The first-order chi connectivity index (χ1) is 9.22. The molecule has 0 fully saturated rings. The van der Waals surface area contributed by atoms with Crippen LogP contribution in [-0.2, 0) is 10.5 Å². The highest BCUT2D eigenvalue weighted by molar-refractivity contribution is 7.97. The number of ether oxygens (including phenoxy) is 1. The van der Waals surface area contributed by atoms with Gasteiger partial charge in [0, 0.05) is 31.5 Å². The average molecular weight is 283 g/mol. The van der Waals surface area contributed by atoms with E-state index in [0.717, 1.165) is 11.3 Å². The molecule has 4 nitrogen and oxygen atoms in total. The zero-order valence-corrected chi connectivity index (χ0v) is 12.3. The highest BCUT2D eigenvalue weighted by Gasteiger charge is 2.15. The first-order valence-corrected chi connectivity index (χ1v) is 7.59. The third-order valence-corrected chi connectivity index (χ3v) is 3.33. The molecule has 0 saturated carbocycles. The third kappa shape index (κ3) is 5.22. The normalized spacial score (nSPS) is 10.5. The highest BCUT2D eigenvalue weighted by Crippen LogP contribution is 2.13. The van der Waals surface area contributed by atoms with Crippen molar-refractivity contribution in [1.29, 1.82) is 0 Å². The monoisotopic (exact) mass is 283 g/mol. The van der Waals surface area contributed by atoms with E-state index in [1.165, 1.54) is 0 Å². The molecule has 0 aliphatic heterocycles. The third-order valence-electron chi connectivity index (χ3n) is 2.71. The van der Waals surface area contributed by atoms with Crippen molar-refractivity contribution in [3.05, 3.63) is 35.4 Å². The number of hydrogen-bond acceptors (Lipinski definition) is 4. The van der Waals surface area contributed by atoms with Crippen molar-refractivity contribution in [2.45, 2.75) is 5.75 Å². The van der Waals surface area contributed by atoms with Crippen LogP contribution >= 0.6 is 11.8 Å². The lowest BCUT2D eigenvalue weighted by atomic mass is 10.1. The quantitative estimate of drug-likeness (QED) is 0.788. The Morgan fingerprint density at radius 2 is 2.21 bits per heavy atom. The number of benzene rings is 1. The number of hydrogen-bond donors (Lipinski definition) is 1. The second-order valence-corrected chi connectivity index (χ2v) is 5.01. The van der Waals surface area contributed by atoms with Crippen LogP contribution in [0.25, 0.3) is 0 Å². The molecule has 1 N–H and O–H groups in total. The van der Waals surface area contributed by atoms with Crippen LogP contribution in [0.5, 0.6) is 0 Å². The molecular formula is C14H21NO3S. The maximum absolute atomic E-state index is 12.3. The van der Waals surface area contributed by atoms with E-state index in [9.17, 15) is 4.79 Å². The Bertz CT molecular complexity index is 398. The number of carbonyl (C=O) groups excluding carboxylic acids is 1. The summed E-state index contributed by atoms with van der Waals surface area (Å²) in [4.78, 5) is 14.0. The predicted molar refractivity (Wildman–Crippen MR) is 78.5 cm³/mol. The molecule has 1 amide bonds. The smallest absolute Gasteiger partial charge is 0.254 e. The summed E-state index contributed by atoms with van der Waals surface area (Å²) in [5, 5.41) is 9.03. The SMILES string of the molecule is COCCN(CCO)C(=O)c1cccc(CSC)c1. The number of thioether (sulfide) groups is 1. The summed E-state index contributed by atoms with van der Waals surface area (Å²) in [6.07, 6.45) is 2.03.